The summed E-state index contributed by atoms with van der Waals surface area (Å²) in [5, 5.41) is 0.708. The van der Waals surface area contributed by atoms with Gasteiger partial charge in [-0.2, -0.15) is 0 Å². The van der Waals surface area contributed by atoms with Gasteiger partial charge in [-0.15, -0.1) is 0 Å². The van der Waals surface area contributed by atoms with Crippen molar-refractivity contribution in [2.75, 3.05) is 4.90 Å². The number of nitrogens with zero attached hydrogens (tertiary/aromatic N) is 1. The zero-order chi connectivity index (χ0) is 19.8. The number of unbranched alkanes of at least 4 members (excludes halogenated alkanes) is 1. The molecular formula is C23H29ClN2O. The standard InChI is InChI=1S/C23H29ClN2O/c1-5-6-10-19-20(22(25)27)16-12-13-23(3,4)14-17(16)21(24)26(19)18-11-8-7-9-15(18)2/h7-11H,5-6,12-14H2,1-4H3,(H2,25,27)/b19-10+. The Balaban J connectivity index is 2.28. The molecule has 144 valence electrons. The molecule has 1 saturated carbocycles. The number of allylic oxidation sites excluding steroid dienone is 3. The van der Waals surface area contributed by atoms with Gasteiger partial charge in [-0.05, 0) is 60.8 Å². The zero-order valence-electron chi connectivity index (χ0n) is 16.7. The van der Waals surface area contributed by atoms with E-state index in [9.17, 15) is 4.79 Å². The largest absolute Gasteiger partial charge is 0.366 e. The zero-order valence-corrected chi connectivity index (χ0v) is 17.5. The number of halogens is 1. The molecule has 0 bridgehead atoms. The third-order valence-electron chi connectivity index (χ3n) is 5.54. The minimum absolute atomic E-state index is 0.157. The number of aryl methyl sites for hydroxylation is 1. The average molecular weight is 385 g/mol. The number of amides is 1. The summed E-state index contributed by atoms with van der Waals surface area (Å²) in [6.07, 6.45) is 6.68. The van der Waals surface area contributed by atoms with Crippen LogP contribution in [-0.2, 0) is 4.79 Å². The van der Waals surface area contributed by atoms with Gasteiger partial charge >= 0.3 is 0 Å². The number of carbonyl (C=O) groups is 1. The van der Waals surface area contributed by atoms with Crippen LogP contribution in [0.15, 0.2) is 57.9 Å². The predicted molar refractivity (Wildman–Crippen MR) is 113 cm³/mol. The van der Waals surface area contributed by atoms with Gasteiger partial charge in [0.2, 0.25) is 0 Å². The summed E-state index contributed by atoms with van der Waals surface area (Å²) in [5.74, 6) is -0.368. The highest BCUT2D eigenvalue weighted by atomic mass is 35.5. The lowest BCUT2D eigenvalue weighted by molar-refractivity contribution is -0.114. The molecule has 4 heteroatoms. The van der Waals surface area contributed by atoms with Crippen LogP contribution in [0.4, 0.5) is 5.69 Å². The molecule has 0 unspecified atom stereocenters. The summed E-state index contributed by atoms with van der Waals surface area (Å²) in [6, 6.07) is 8.13. The van der Waals surface area contributed by atoms with Crippen LogP contribution in [0.25, 0.3) is 0 Å². The van der Waals surface area contributed by atoms with E-state index in [0.29, 0.717) is 10.7 Å². The number of anilines is 1. The molecule has 0 spiro atoms. The van der Waals surface area contributed by atoms with Crippen LogP contribution in [0.1, 0.15) is 58.4 Å². The van der Waals surface area contributed by atoms with E-state index in [-0.39, 0.29) is 11.3 Å². The summed E-state index contributed by atoms with van der Waals surface area (Å²) in [5.41, 5.74) is 11.7. The minimum atomic E-state index is -0.368. The van der Waals surface area contributed by atoms with Crippen molar-refractivity contribution in [3.8, 4) is 0 Å². The van der Waals surface area contributed by atoms with E-state index in [0.717, 1.165) is 60.2 Å². The van der Waals surface area contributed by atoms with Crippen LogP contribution in [0.3, 0.4) is 0 Å². The van der Waals surface area contributed by atoms with Crippen molar-refractivity contribution in [2.24, 2.45) is 11.1 Å². The van der Waals surface area contributed by atoms with Crippen LogP contribution in [-0.4, -0.2) is 5.91 Å². The fourth-order valence-corrected chi connectivity index (χ4v) is 4.43. The Kier molecular flexibility index (Phi) is 5.53. The monoisotopic (exact) mass is 384 g/mol. The molecule has 1 aromatic rings. The summed E-state index contributed by atoms with van der Waals surface area (Å²) in [6.45, 7) is 8.70. The molecule has 1 aliphatic carbocycles. The number of para-hydroxylation sites is 1. The first-order chi connectivity index (χ1) is 12.8. The van der Waals surface area contributed by atoms with E-state index in [2.05, 4.69) is 45.9 Å². The normalized spacial score (nSPS) is 20.9. The second-order valence-electron chi connectivity index (χ2n) is 8.33. The van der Waals surface area contributed by atoms with Crippen LogP contribution in [0.2, 0.25) is 0 Å². The van der Waals surface area contributed by atoms with Gasteiger partial charge in [0.25, 0.3) is 5.91 Å². The van der Waals surface area contributed by atoms with E-state index in [4.69, 9.17) is 17.3 Å². The molecule has 2 N–H and O–H groups in total. The molecule has 1 fully saturated rings. The quantitative estimate of drug-likeness (QED) is 0.652. The van der Waals surface area contributed by atoms with Crippen LogP contribution in [0, 0.1) is 12.3 Å². The number of benzene rings is 1. The van der Waals surface area contributed by atoms with Crippen molar-refractivity contribution in [1.82, 2.24) is 0 Å². The first-order valence-electron chi connectivity index (χ1n) is 9.75. The van der Waals surface area contributed by atoms with Crippen LogP contribution in [0.5, 0.6) is 0 Å². The van der Waals surface area contributed by atoms with Crippen molar-refractivity contribution in [3.63, 3.8) is 0 Å². The summed E-state index contributed by atoms with van der Waals surface area (Å²) in [4.78, 5) is 14.6. The second kappa shape index (κ2) is 7.55. The topological polar surface area (TPSA) is 46.3 Å². The summed E-state index contributed by atoms with van der Waals surface area (Å²) < 4.78 is 0. The molecule has 0 aromatic heterocycles. The second-order valence-corrected chi connectivity index (χ2v) is 8.69. The van der Waals surface area contributed by atoms with Gasteiger partial charge in [0.1, 0.15) is 5.16 Å². The number of fused-ring (bicyclic) bond motifs is 1. The fourth-order valence-electron chi connectivity index (χ4n) is 4.07. The van der Waals surface area contributed by atoms with Gasteiger partial charge in [-0.3, -0.25) is 9.69 Å². The smallest absolute Gasteiger partial charge is 0.251 e. The predicted octanol–water partition coefficient (Wildman–Crippen LogP) is 5.94. The van der Waals surface area contributed by atoms with E-state index < -0.39 is 0 Å². The molecule has 27 heavy (non-hydrogen) atoms. The van der Waals surface area contributed by atoms with Gasteiger partial charge in [-0.25, -0.2) is 0 Å². The van der Waals surface area contributed by atoms with E-state index in [1.807, 2.05) is 17.0 Å². The van der Waals surface area contributed by atoms with E-state index >= 15 is 0 Å². The van der Waals surface area contributed by atoms with Gasteiger partial charge in [-0.1, -0.05) is 63.1 Å². The van der Waals surface area contributed by atoms with Crippen molar-refractivity contribution < 1.29 is 4.79 Å². The Morgan fingerprint density at radius 1 is 1.30 bits per heavy atom. The highest BCUT2D eigenvalue weighted by molar-refractivity contribution is 6.33. The molecule has 0 radical (unpaired) electrons. The number of nitrogens with two attached hydrogens (primary N) is 1. The molecule has 1 amide bonds. The lowest BCUT2D eigenvalue weighted by Gasteiger charge is -2.41. The van der Waals surface area contributed by atoms with Crippen molar-refractivity contribution >= 4 is 23.2 Å². The molecule has 1 aliphatic heterocycles. The maximum Gasteiger partial charge on any atom is 0.251 e. The average Bonchev–Trinajstić information content (AvgIpc) is 2.60. The lowest BCUT2D eigenvalue weighted by atomic mass is 9.70. The number of primary amides is 1. The highest BCUT2D eigenvalue weighted by Crippen LogP contribution is 2.50. The molecule has 0 atom stereocenters. The first kappa shape index (κ1) is 19.8. The summed E-state index contributed by atoms with van der Waals surface area (Å²) in [7, 11) is 0. The first-order valence-corrected chi connectivity index (χ1v) is 10.1. The third kappa shape index (κ3) is 3.70. The Labute approximate surface area is 167 Å². The molecule has 1 heterocycles. The minimum Gasteiger partial charge on any atom is -0.366 e. The Morgan fingerprint density at radius 2 is 2.00 bits per heavy atom. The number of carbonyl (C=O) groups excluding carboxylic acids is 1. The third-order valence-corrected chi connectivity index (χ3v) is 5.94. The Morgan fingerprint density at radius 3 is 2.63 bits per heavy atom. The molecule has 2 aliphatic rings. The number of rotatable bonds is 4. The maximum absolute atomic E-state index is 12.5. The Bertz CT molecular complexity index is 861. The highest BCUT2D eigenvalue weighted by Gasteiger charge is 2.39. The fraction of sp³-hybridized carbons (Fsp3) is 0.435. The molecular weight excluding hydrogens is 356 g/mol. The van der Waals surface area contributed by atoms with Gasteiger partial charge in [0, 0.05) is 5.69 Å². The van der Waals surface area contributed by atoms with Gasteiger partial charge in [0.15, 0.2) is 0 Å². The summed E-state index contributed by atoms with van der Waals surface area (Å²) >= 11 is 7.01. The molecule has 1 aromatic carbocycles. The van der Waals surface area contributed by atoms with Crippen molar-refractivity contribution in [3.05, 3.63) is 63.5 Å². The molecule has 0 saturated heterocycles. The number of hydrogen-bond donors (Lipinski definition) is 1. The lowest BCUT2D eigenvalue weighted by Crippen LogP contribution is -2.35. The van der Waals surface area contributed by atoms with Crippen LogP contribution >= 0.6 is 11.6 Å². The number of hydrogen-bond acceptors (Lipinski definition) is 2. The van der Waals surface area contributed by atoms with Gasteiger partial charge in [0.05, 0.1) is 11.3 Å². The van der Waals surface area contributed by atoms with E-state index in [1.54, 1.807) is 0 Å². The van der Waals surface area contributed by atoms with Crippen LogP contribution < -0.4 is 10.6 Å². The maximum atomic E-state index is 12.5. The Hall–Kier alpha value is -2.00. The van der Waals surface area contributed by atoms with Crippen molar-refractivity contribution in [1.29, 1.82) is 0 Å². The molecule has 3 nitrogen and oxygen atoms in total. The van der Waals surface area contributed by atoms with Gasteiger partial charge < -0.3 is 5.73 Å². The van der Waals surface area contributed by atoms with E-state index in [1.165, 1.54) is 0 Å². The SMILES string of the molecule is CCC/C=C1\C(C(N)=O)=C2CCC(C)(C)CC2=C(Cl)N1c1ccccc1C. The van der Waals surface area contributed by atoms with Crippen molar-refractivity contribution in [2.45, 2.75) is 59.8 Å². The molecule has 3 rings (SSSR count).